The second-order valence-corrected chi connectivity index (χ2v) is 22.9. The molecule has 0 aromatic carbocycles. The summed E-state index contributed by atoms with van der Waals surface area (Å²) in [6.45, 7) is 0. The van der Waals surface area contributed by atoms with Crippen LogP contribution in [0.1, 0.15) is 225 Å². The molecule has 0 aromatic rings. The maximum absolute atomic E-state index is 3.28. The summed E-state index contributed by atoms with van der Waals surface area (Å²) in [5.41, 5.74) is 2.02. The molecule has 0 N–H and O–H groups in total. The Morgan fingerprint density at radius 2 is 0.907 bits per heavy atom. The summed E-state index contributed by atoms with van der Waals surface area (Å²) in [7, 11) is 0. The SMILES string of the molecule is C(=C(C1CCCCC1)C1CCCCC1)C1CCC(C2C3CCCCC3C(CC3CCC4C(C3)C3CCCCC3N4C3CCCCC3)C3CCCCC32)CC1. The van der Waals surface area contributed by atoms with Crippen LogP contribution in [-0.2, 0) is 0 Å². The summed E-state index contributed by atoms with van der Waals surface area (Å²) in [6.07, 6.45) is 57.5. The Balaban J connectivity index is 0.831. The van der Waals surface area contributed by atoms with Crippen LogP contribution in [0.2, 0.25) is 0 Å². The van der Waals surface area contributed by atoms with Crippen LogP contribution in [0, 0.1) is 76.9 Å². The van der Waals surface area contributed by atoms with E-state index in [4.69, 9.17) is 0 Å². The van der Waals surface area contributed by atoms with Crippen LogP contribution in [0.25, 0.3) is 0 Å². The van der Waals surface area contributed by atoms with Crippen LogP contribution in [0.15, 0.2) is 11.6 Å². The zero-order valence-corrected chi connectivity index (χ0v) is 35.5. The molecule has 1 saturated heterocycles. The van der Waals surface area contributed by atoms with Crippen LogP contribution >= 0.6 is 0 Å². The van der Waals surface area contributed by atoms with Gasteiger partial charge in [-0.3, -0.25) is 4.90 Å². The van der Waals surface area contributed by atoms with Crippen molar-refractivity contribution in [2.75, 3.05) is 0 Å². The van der Waals surface area contributed by atoms with Gasteiger partial charge in [-0.2, -0.15) is 0 Å². The molecule has 1 heteroatoms. The fourth-order valence-electron chi connectivity index (χ4n) is 18.4. The van der Waals surface area contributed by atoms with Crippen molar-refractivity contribution in [3.63, 3.8) is 0 Å². The largest absolute Gasteiger partial charge is 0.294 e. The third-order valence-corrected chi connectivity index (χ3v) is 20.5. The lowest BCUT2D eigenvalue weighted by Crippen LogP contribution is -2.52. The summed E-state index contributed by atoms with van der Waals surface area (Å²) in [5, 5.41) is 0. The summed E-state index contributed by atoms with van der Waals surface area (Å²) < 4.78 is 0. The molecule has 0 bridgehead atoms. The van der Waals surface area contributed by atoms with Crippen LogP contribution in [-0.4, -0.2) is 23.0 Å². The van der Waals surface area contributed by atoms with Crippen LogP contribution in [0.5, 0.6) is 0 Å². The normalized spacial score (nSPS) is 45.8. The fraction of sp³-hybridized carbons (Fsp3) is 0.962. The number of likely N-dealkylation sites (tertiary alicyclic amines) is 1. The van der Waals surface area contributed by atoms with E-state index in [0.717, 1.165) is 95.1 Å². The standard InChI is InChI=1S/C53H87N/c1-4-16-39(17-5-1)48(40-18-6-2-7-19-40)34-37-28-31-41(32-29-37)53-46-25-12-10-22-43(46)49(44-23-11-13-26-47(44)53)35-38-30-33-52-50(36-38)45-24-14-15-27-51(45)54(52)42-20-8-3-9-21-42/h34,37-47,49-53H,1-33,35-36H2. The van der Waals surface area contributed by atoms with Crippen molar-refractivity contribution in [2.24, 2.45) is 76.9 Å². The molecule has 9 saturated carbocycles. The molecule has 0 spiro atoms. The van der Waals surface area contributed by atoms with E-state index in [1.54, 1.807) is 122 Å². The van der Waals surface area contributed by atoms with Gasteiger partial charge < -0.3 is 0 Å². The molecule has 1 nitrogen and oxygen atoms in total. The lowest BCUT2D eigenvalue weighted by Gasteiger charge is -2.59. The van der Waals surface area contributed by atoms with Crippen LogP contribution in [0.3, 0.4) is 0 Å². The molecule has 54 heavy (non-hydrogen) atoms. The van der Waals surface area contributed by atoms with Crippen molar-refractivity contribution in [1.82, 2.24) is 4.90 Å². The highest BCUT2D eigenvalue weighted by Gasteiger charge is 2.56. The van der Waals surface area contributed by atoms with Gasteiger partial charge in [0.05, 0.1) is 0 Å². The van der Waals surface area contributed by atoms with Crippen LogP contribution in [0.4, 0.5) is 0 Å². The molecule has 10 aliphatic rings. The van der Waals surface area contributed by atoms with E-state index in [0.29, 0.717) is 0 Å². The van der Waals surface area contributed by atoms with E-state index < -0.39 is 0 Å². The van der Waals surface area contributed by atoms with Gasteiger partial charge in [0.15, 0.2) is 0 Å². The molecule has 9 aliphatic carbocycles. The van der Waals surface area contributed by atoms with E-state index in [-0.39, 0.29) is 0 Å². The summed E-state index contributed by atoms with van der Waals surface area (Å²) >= 11 is 0. The van der Waals surface area contributed by atoms with E-state index in [9.17, 15) is 0 Å². The molecular weight excluding hydrogens is 651 g/mol. The first-order valence-electron chi connectivity index (χ1n) is 26.3. The molecule has 1 heterocycles. The van der Waals surface area contributed by atoms with Gasteiger partial charge in [-0.1, -0.05) is 108 Å². The Bertz CT molecular complexity index is 1160. The van der Waals surface area contributed by atoms with Crippen molar-refractivity contribution in [1.29, 1.82) is 0 Å². The second-order valence-electron chi connectivity index (χ2n) is 22.9. The smallest absolute Gasteiger partial charge is 0.0133 e. The predicted molar refractivity (Wildman–Crippen MR) is 228 cm³/mol. The van der Waals surface area contributed by atoms with Gasteiger partial charge in [-0.15, -0.1) is 0 Å². The van der Waals surface area contributed by atoms with Crippen molar-refractivity contribution >= 4 is 0 Å². The second kappa shape index (κ2) is 17.5. The highest BCUT2D eigenvalue weighted by atomic mass is 15.3. The quantitative estimate of drug-likeness (QED) is 0.235. The highest BCUT2D eigenvalue weighted by Crippen LogP contribution is 2.62. The zero-order chi connectivity index (χ0) is 35.8. The maximum atomic E-state index is 3.28. The molecule has 0 radical (unpaired) electrons. The maximum Gasteiger partial charge on any atom is 0.0133 e. The number of rotatable bonds is 7. The van der Waals surface area contributed by atoms with Gasteiger partial charge in [0.1, 0.15) is 0 Å². The first-order chi connectivity index (χ1) is 26.8. The Hall–Kier alpha value is -0.300. The first-order valence-corrected chi connectivity index (χ1v) is 26.3. The minimum absolute atomic E-state index is 0.921. The molecule has 0 aromatic heterocycles. The Kier molecular flexibility index (Phi) is 12.3. The van der Waals surface area contributed by atoms with E-state index >= 15 is 0 Å². The number of hydrogen-bond donors (Lipinski definition) is 0. The monoisotopic (exact) mass is 738 g/mol. The minimum Gasteiger partial charge on any atom is -0.294 e. The van der Waals surface area contributed by atoms with E-state index in [1.165, 1.54) is 103 Å². The fourth-order valence-corrected chi connectivity index (χ4v) is 18.4. The first kappa shape index (κ1) is 37.9. The molecular formula is C53H87N. The number of hydrogen-bond acceptors (Lipinski definition) is 1. The third-order valence-electron chi connectivity index (χ3n) is 20.5. The summed E-state index contributed by atoms with van der Waals surface area (Å²) in [4.78, 5) is 3.28. The minimum atomic E-state index is 0.921. The number of fused-ring (bicyclic) bond motifs is 5. The Morgan fingerprint density at radius 1 is 0.407 bits per heavy atom. The van der Waals surface area contributed by atoms with Gasteiger partial charge >= 0.3 is 0 Å². The molecule has 1 aliphatic heterocycles. The van der Waals surface area contributed by atoms with Gasteiger partial charge in [0, 0.05) is 18.1 Å². The van der Waals surface area contributed by atoms with Gasteiger partial charge in [0.2, 0.25) is 0 Å². The molecule has 304 valence electrons. The van der Waals surface area contributed by atoms with E-state index in [2.05, 4.69) is 11.0 Å². The summed E-state index contributed by atoms with van der Waals surface area (Å²) in [5.74, 6) is 13.7. The molecule has 9 unspecified atom stereocenters. The Labute approximate surface area is 335 Å². The van der Waals surface area contributed by atoms with Gasteiger partial charge in [-0.05, 0) is 205 Å². The molecule has 10 fully saturated rings. The van der Waals surface area contributed by atoms with Gasteiger partial charge in [0.25, 0.3) is 0 Å². The van der Waals surface area contributed by atoms with Crippen molar-refractivity contribution in [3.05, 3.63) is 11.6 Å². The molecule has 0 amide bonds. The lowest BCUT2D eigenvalue weighted by molar-refractivity contribution is -0.0988. The van der Waals surface area contributed by atoms with Crippen LogP contribution < -0.4 is 0 Å². The third kappa shape index (κ3) is 7.66. The number of allylic oxidation sites excluding steroid dienone is 2. The average Bonchev–Trinajstić information content (AvgIpc) is 3.58. The van der Waals surface area contributed by atoms with Gasteiger partial charge in [-0.25, -0.2) is 0 Å². The predicted octanol–water partition coefficient (Wildman–Crippen LogP) is 15.1. The topological polar surface area (TPSA) is 3.24 Å². The number of nitrogens with zero attached hydrogens (tertiary/aromatic N) is 1. The summed E-state index contributed by atoms with van der Waals surface area (Å²) in [6, 6.07) is 2.91. The average molecular weight is 738 g/mol. The van der Waals surface area contributed by atoms with Crippen molar-refractivity contribution in [3.8, 4) is 0 Å². The molecule has 9 atom stereocenters. The van der Waals surface area contributed by atoms with Crippen molar-refractivity contribution < 1.29 is 0 Å². The molecule has 10 rings (SSSR count). The highest BCUT2D eigenvalue weighted by molar-refractivity contribution is 5.15. The zero-order valence-electron chi connectivity index (χ0n) is 35.5. The van der Waals surface area contributed by atoms with E-state index in [1.807, 2.05) is 5.57 Å². The van der Waals surface area contributed by atoms with Crippen molar-refractivity contribution in [2.45, 2.75) is 243 Å². The lowest BCUT2D eigenvalue weighted by atomic mass is 9.46. The Morgan fingerprint density at radius 3 is 1.52 bits per heavy atom.